The molecule has 1 aromatic rings. The molecule has 8 nitrogen and oxygen atoms in total. The van der Waals surface area contributed by atoms with E-state index in [9.17, 15) is 18.0 Å². The SMILES string of the molecule is CC(C)OC(=O)NS(=O)(=O)Nc1ccc(C(=O)O)cc1Br. The summed E-state index contributed by atoms with van der Waals surface area (Å²) in [5, 5.41) is 8.80. The number of aromatic carboxylic acids is 1. The number of rotatable bonds is 5. The van der Waals surface area contributed by atoms with Gasteiger partial charge in [-0.1, -0.05) is 0 Å². The topological polar surface area (TPSA) is 122 Å². The van der Waals surface area contributed by atoms with Gasteiger partial charge in [-0.05, 0) is 48.0 Å². The molecule has 0 saturated heterocycles. The zero-order valence-electron chi connectivity index (χ0n) is 11.1. The minimum Gasteiger partial charge on any atom is -0.478 e. The van der Waals surface area contributed by atoms with E-state index in [4.69, 9.17) is 5.11 Å². The van der Waals surface area contributed by atoms with Crippen LogP contribution >= 0.6 is 15.9 Å². The highest BCUT2D eigenvalue weighted by atomic mass is 79.9. The van der Waals surface area contributed by atoms with E-state index in [-0.39, 0.29) is 15.7 Å². The lowest BCUT2D eigenvalue weighted by Crippen LogP contribution is -2.36. The summed E-state index contributed by atoms with van der Waals surface area (Å²) in [5.41, 5.74) is 0.0573. The van der Waals surface area contributed by atoms with Crippen molar-refractivity contribution in [3.63, 3.8) is 0 Å². The van der Waals surface area contributed by atoms with Crippen LogP contribution in [-0.4, -0.2) is 31.7 Å². The van der Waals surface area contributed by atoms with Crippen LogP contribution in [0.25, 0.3) is 0 Å². The summed E-state index contributed by atoms with van der Waals surface area (Å²) < 4.78 is 32.0. The van der Waals surface area contributed by atoms with Crippen LogP contribution in [0.15, 0.2) is 22.7 Å². The first-order valence-corrected chi connectivity index (χ1v) is 7.92. The summed E-state index contributed by atoms with van der Waals surface area (Å²) in [4.78, 5) is 22.0. The number of hydrogen-bond donors (Lipinski definition) is 3. The van der Waals surface area contributed by atoms with Crippen molar-refractivity contribution in [2.24, 2.45) is 0 Å². The van der Waals surface area contributed by atoms with Gasteiger partial charge in [0.15, 0.2) is 0 Å². The van der Waals surface area contributed by atoms with E-state index in [2.05, 4.69) is 25.4 Å². The second-order valence-corrected chi connectivity index (χ2v) is 6.43. The van der Waals surface area contributed by atoms with Crippen molar-refractivity contribution in [1.82, 2.24) is 4.72 Å². The molecule has 10 heteroatoms. The Morgan fingerprint density at radius 2 is 1.95 bits per heavy atom. The molecule has 1 amide bonds. The lowest BCUT2D eigenvalue weighted by molar-refractivity contribution is 0.0696. The monoisotopic (exact) mass is 380 g/mol. The first-order valence-electron chi connectivity index (χ1n) is 5.64. The Labute approximate surface area is 129 Å². The molecule has 116 valence electrons. The second kappa shape index (κ2) is 6.76. The zero-order valence-corrected chi connectivity index (χ0v) is 13.5. The van der Waals surface area contributed by atoms with Gasteiger partial charge < -0.3 is 9.84 Å². The third kappa shape index (κ3) is 5.60. The Kier molecular flexibility index (Phi) is 5.55. The molecule has 0 unspecified atom stereocenters. The molecule has 0 atom stereocenters. The van der Waals surface area contributed by atoms with Gasteiger partial charge >= 0.3 is 22.3 Å². The van der Waals surface area contributed by atoms with E-state index in [1.54, 1.807) is 18.6 Å². The van der Waals surface area contributed by atoms with Crippen LogP contribution in [-0.2, 0) is 14.9 Å². The maximum atomic E-state index is 11.7. The molecule has 0 aliphatic heterocycles. The van der Waals surface area contributed by atoms with Crippen molar-refractivity contribution in [3.05, 3.63) is 28.2 Å². The summed E-state index contributed by atoms with van der Waals surface area (Å²) in [6, 6.07) is 3.70. The fourth-order valence-electron chi connectivity index (χ4n) is 1.25. The number of carboxylic acid groups (broad SMARTS) is 1. The second-order valence-electron chi connectivity index (χ2n) is 4.16. The van der Waals surface area contributed by atoms with Crippen LogP contribution in [0.4, 0.5) is 10.5 Å². The number of amides is 1. The Morgan fingerprint density at radius 1 is 1.33 bits per heavy atom. The van der Waals surface area contributed by atoms with Gasteiger partial charge in [0.25, 0.3) is 0 Å². The highest BCUT2D eigenvalue weighted by Gasteiger charge is 2.18. The fourth-order valence-corrected chi connectivity index (χ4v) is 2.64. The van der Waals surface area contributed by atoms with Gasteiger partial charge in [0.2, 0.25) is 0 Å². The number of anilines is 1. The van der Waals surface area contributed by atoms with Gasteiger partial charge in [0.05, 0.1) is 17.4 Å². The number of hydrogen-bond acceptors (Lipinski definition) is 5. The van der Waals surface area contributed by atoms with Crippen LogP contribution < -0.4 is 9.44 Å². The number of carbonyl (C=O) groups excluding carboxylic acids is 1. The van der Waals surface area contributed by atoms with Crippen LogP contribution in [0.3, 0.4) is 0 Å². The van der Waals surface area contributed by atoms with E-state index >= 15 is 0 Å². The molecule has 0 fully saturated rings. The average Bonchev–Trinajstić information content (AvgIpc) is 2.29. The quantitative estimate of drug-likeness (QED) is 0.717. The number of ether oxygens (including phenoxy) is 1. The molecular formula is C11H13BrN2O6S. The Hall–Kier alpha value is -1.81. The van der Waals surface area contributed by atoms with Crippen LogP contribution in [0.5, 0.6) is 0 Å². The lowest BCUT2D eigenvalue weighted by Gasteiger charge is -2.12. The molecule has 0 bridgehead atoms. The van der Waals surface area contributed by atoms with E-state index in [0.717, 1.165) is 0 Å². The van der Waals surface area contributed by atoms with Crippen LogP contribution in [0, 0.1) is 0 Å². The molecule has 0 heterocycles. The highest BCUT2D eigenvalue weighted by molar-refractivity contribution is 9.10. The number of benzene rings is 1. The van der Waals surface area contributed by atoms with Gasteiger partial charge in [-0.15, -0.1) is 0 Å². The normalized spacial score (nSPS) is 11.0. The Bertz CT molecular complexity index is 659. The predicted octanol–water partition coefficient (Wildman–Crippen LogP) is 1.94. The van der Waals surface area contributed by atoms with Crippen molar-refractivity contribution < 1.29 is 27.9 Å². The first-order chi connectivity index (χ1) is 9.60. The van der Waals surface area contributed by atoms with E-state index < -0.39 is 28.4 Å². The summed E-state index contributed by atoms with van der Waals surface area (Å²) in [6.45, 7) is 3.14. The average molecular weight is 381 g/mol. The smallest absolute Gasteiger partial charge is 0.422 e. The molecule has 0 radical (unpaired) electrons. The Balaban J connectivity index is 2.85. The molecule has 21 heavy (non-hydrogen) atoms. The number of carbonyl (C=O) groups is 2. The Morgan fingerprint density at radius 3 is 2.43 bits per heavy atom. The molecular weight excluding hydrogens is 368 g/mol. The standard InChI is InChI=1S/C11H13BrN2O6S/c1-6(2)20-11(17)14-21(18,19)13-9-4-3-7(10(15)16)5-8(9)12/h3-6,13H,1-2H3,(H,14,17)(H,15,16). The number of halogens is 1. The fraction of sp³-hybridized carbons (Fsp3) is 0.273. The maximum absolute atomic E-state index is 11.7. The number of carboxylic acids is 1. The molecule has 1 rings (SSSR count). The molecule has 0 saturated carbocycles. The van der Waals surface area contributed by atoms with Gasteiger partial charge in [0, 0.05) is 4.47 Å². The van der Waals surface area contributed by atoms with Gasteiger partial charge in [-0.3, -0.25) is 4.72 Å². The van der Waals surface area contributed by atoms with Crippen LogP contribution in [0.1, 0.15) is 24.2 Å². The minimum absolute atomic E-state index is 0.0167. The lowest BCUT2D eigenvalue weighted by atomic mass is 10.2. The third-order valence-corrected chi connectivity index (χ3v) is 3.60. The molecule has 0 aliphatic rings. The van der Waals surface area contributed by atoms with Crippen molar-refractivity contribution in [2.45, 2.75) is 20.0 Å². The molecule has 0 spiro atoms. The predicted molar refractivity (Wildman–Crippen MR) is 78.4 cm³/mol. The van der Waals surface area contributed by atoms with Crippen molar-refractivity contribution in [1.29, 1.82) is 0 Å². The third-order valence-electron chi connectivity index (χ3n) is 2.02. The minimum atomic E-state index is -4.19. The zero-order chi connectivity index (χ0) is 16.2. The summed E-state index contributed by atoms with van der Waals surface area (Å²) in [5.74, 6) is -1.15. The maximum Gasteiger partial charge on any atom is 0.422 e. The summed E-state index contributed by atoms with van der Waals surface area (Å²) in [7, 11) is -4.19. The van der Waals surface area contributed by atoms with E-state index in [0.29, 0.717) is 0 Å². The van der Waals surface area contributed by atoms with Crippen molar-refractivity contribution in [2.75, 3.05) is 4.72 Å². The van der Waals surface area contributed by atoms with E-state index in [1.165, 1.54) is 18.2 Å². The number of nitrogens with one attached hydrogen (secondary N) is 2. The van der Waals surface area contributed by atoms with Crippen molar-refractivity contribution >= 4 is 43.9 Å². The summed E-state index contributed by atoms with van der Waals surface area (Å²) >= 11 is 3.04. The highest BCUT2D eigenvalue weighted by Crippen LogP contribution is 2.24. The summed E-state index contributed by atoms with van der Waals surface area (Å²) in [6.07, 6.45) is -1.59. The van der Waals surface area contributed by atoms with Gasteiger partial charge in [-0.25, -0.2) is 14.3 Å². The van der Waals surface area contributed by atoms with E-state index in [1.807, 2.05) is 0 Å². The molecule has 3 N–H and O–H groups in total. The molecule has 0 aromatic heterocycles. The first kappa shape index (κ1) is 17.2. The van der Waals surface area contributed by atoms with Gasteiger partial charge in [0.1, 0.15) is 0 Å². The van der Waals surface area contributed by atoms with Crippen molar-refractivity contribution in [3.8, 4) is 0 Å². The molecule has 1 aromatic carbocycles. The van der Waals surface area contributed by atoms with Crippen LogP contribution in [0.2, 0.25) is 0 Å². The molecule has 0 aliphatic carbocycles. The van der Waals surface area contributed by atoms with Gasteiger partial charge in [-0.2, -0.15) is 8.42 Å². The largest absolute Gasteiger partial charge is 0.478 e.